The summed E-state index contributed by atoms with van der Waals surface area (Å²) in [5.41, 5.74) is 1.86. The van der Waals surface area contributed by atoms with E-state index in [0.29, 0.717) is 40.1 Å². The third-order valence-corrected chi connectivity index (χ3v) is 5.69. The number of aromatic nitrogens is 1. The van der Waals surface area contributed by atoms with Crippen LogP contribution in [-0.2, 0) is 6.54 Å². The van der Waals surface area contributed by atoms with Crippen molar-refractivity contribution in [2.75, 3.05) is 18.5 Å². The molecule has 8 heteroatoms. The van der Waals surface area contributed by atoms with Gasteiger partial charge in [0.25, 0.3) is 5.91 Å². The number of benzene rings is 2. The van der Waals surface area contributed by atoms with Crippen LogP contribution < -0.4 is 20.1 Å². The second kappa shape index (κ2) is 7.98. The molecule has 0 unspecified atom stereocenters. The Bertz CT molecular complexity index is 962. The highest BCUT2D eigenvalue weighted by atomic mass is 79.9. The van der Waals surface area contributed by atoms with Crippen LogP contribution in [-0.4, -0.2) is 24.1 Å². The van der Waals surface area contributed by atoms with Gasteiger partial charge in [0.1, 0.15) is 22.7 Å². The number of halogens is 1. The van der Waals surface area contributed by atoms with Gasteiger partial charge in [-0.2, -0.15) is 0 Å². The summed E-state index contributed by atoms with van der Waals surface area (Å²) in [7, 11) is 0. The first-order chi connectivity index (χ1) is 13.2. The van der Waals surface area contributed by atoms with E-state index in [1.807, 2.05) is 48.5 Å². The Balaban J connectivity index is 1.44. The summed E-state index contributed by atoms with van der Waals surface area (Å²) >= 11 is 4.65. The maximum atomic E-state index is 12.5. The topological polar surface area (TPSA) is 72.5 Å². The van der Waals surface area contributed by atoms with Gasteiger partial charge < -0.3 is 20.1 Å². The van der Waals surface area contributed by atoms with Gasteiger partial charge in [-0.15, -0.1) is 0 Å². The Morgan fingerprint density at radius 3 is 2.70 bits per heavy atom. The van der Waals surface area contributed by atoms with E-state index in [2.05, 4.69) is 31.5 Å². The van der Waals surface area contributed by atoms with E-state index < -0.39 is 0 Å². The lowest BCUT2D eigenvalue weighted by molar-refractivity contribution is 0.0954. The minimum atomic E-state index is -0.168. The number of rotatable bonds is 5. The van der Waals surface area contributed by atoms with E-state index in [1.165, 1.54) is 11.3 Å². The van der Waals surface area contributed by atoms with Gasteiger partial charge >= 0.3 is 0 Å². The van der Waals surface area contributed by atoms with Crippen LogP contribution in [0.2, 0.25) is 0 Å². The summed E-state index contributed by atoms with van der Waals surface area (Å²) in [5, 5.41) is 6.73. The third kappa shape index (κ3) is 4.23. The molecule has 2 N–H and O–H groups in total. The van der Waals surface area contributed by atoms with Crippen molar-refractivity contribution in [1.29, 1.82) is 0 Å². The van der Waals surface area contributed by atoms with E-state index in [1.54, 1.807) is 0 Å². The standard InChI is InChI=1S/C19H16BrN3O3S/c20-17-16(18(24)21-11-12-4-2-1-3-5-12)27-19(23-17)22-13-6-7-14-15(10-13)26-9-8-25-14/h1-7,10H,8-9,11H2,(H,21,24)(H,22,23). The molecule has 2 heterocycles. The number of anilines is 2. The van der Waals surface area contributed by atoms with Crippen molar-refractivity contribution in [2.24, 2.45) is 0 Å². The highest BCUT2D eigenvalue weighted by Crippen LogP contribution is 2.35. The van der Waals surface area contributed by atoms with Gasteiger partial charge in [-0.1, -0.05) is 41.7 Å². The average Bonchev–Trinajstić information content (AvgIpc) is 3.07. The predicted octanol–water partition coefficient (Wildman–Crippen LogP) is 4.35. The van der Waals surface area contributed by atoms with Crippen LogP contribution in [0.3, 0.4) is 0 Å². The van der Waals surface area contributed by atoms with Gasteiger partial charge in [0.05, 0.1) is 0 Å². The van der Waals surface area contributed by atoms with Crippen LogP contribution in [0.1, 0.15) is 15.2 Å². The van der Waals surface area contributed by atoms with E-state index in [-0.39, 0.29) is 5.91 Å². The minimum Gasteiger partial charge on any atom is -0.486 e. The number of amides is 1. The van der Waals surface area contributed by atoms with Gasteiger partial charge in [0.15, 0.2) is 16.6 Å². The Labute approximate surface area is 168 Å². The average molecular weight is 446 g/mol. The van der Waals surface area contributed by atoms with Crippen LogP contribution in [0.15, 0.2) is 53.1 Å². The molecule has 4 rings (SSSR count). The largest absolute Gasteiger partial charge is 0.486 e. The lowest BCUT2D eigenvalue weighted by Crippen LogP contribution is -2.22. The summed E-state index contributed by atoms with van der Waals surface area (Å²) in [4.78, 5) is 17.4. The number of carbonyl (C=O) groups is 1. The molecule has 3 aromatic rings. The van der Waals surface area contributed by atoms with Crippen molar-refractivity contribution < 1.29 is 14.3 Å². The molecular weight excluding hydrogens is 430 g/mol. The highest BCUT2D eigenvalue weighted by Gasteiger charge is 2.17. The molecule has 138 valence electrons. The zero-order valence-corrected chi connectivity index (χ0v) is 16.6. The molecule has 0 atom stereocenters. The lowest BCUT2D eigenvalue weighted by Gasteiger charge is -2.18. The Morgan fingerprint density at radius 2 is 1.89 bits per heavy atom. The van der Waals surface area contributed by atoms with E-state index in [4.69, 9.17) is 9.47 Å². The molecule has 0 fully saturated rings. The fourth-order valence-electron chi connectivity index (χ4n) is 2.60. The molecule has 0 saturated heterocycles. The van der Waals surface area contributed by atoms with Crippen molar-refractivity contribution in [3.63, 3.8) is 0 Å². The van der Waals surface area contributed by atoms with E-state index >= 15 is 0 Å². The summed E-state index contributed by atoms with van der Waals surface area (Å²) in [6.45, 7) is 1.56. The fourth-order valence-corrected chi connectivity index (χ4v) is 4.11. The van der Waals surface area contributed by atoms with Crippen LogP contribution in [0.4, 0.5) is 10.8 Å². The Hall–Kier alpha value is -2.58. The number of fused-ring (bicyclic) bond motifs is 1. The number of carbonyl (C=O) groups excluding carboxylic acids is 1. The number of thiazole rings is 1. The van der Waals surface area contributed by atoms with Gasteiger partial charge in [-0.05, 0) is 33.6 Å². The maximum Gasteiger partial charge on any atom is 0.264 e. The number of ether oxygens (including phenoxy) is 2. The van der Waals surface area contributed by atoms with Crippen LogP contribution in [0.5, 0.6) is 11.5 Å². The highest BCUT2D eigenvalue weighted by molar-refractivity contribution is 9.10. The lowest BCUT2D eigenvalue weighted by atomic mass is 10.2. The smallest absolute Gasteiger partial charge is 0.264 e. The first-order valence-corrected chi connectivity index (χ1v) is 9.95. The molecular formula is C19H16BrN3O3S. The van der Waals surface area contributed by atoms with E-state index in [0.717, 1.165) is 17.0 Å². The molecule has 0 aliphatic carbocycles. The van der Waals surface area contributed by atoms with Gasteiger partial charge in [-0.3, -0.25) is 4.79 Å². The Kier molecular flexibility index (Phi) is 5.26. The first kappa shape index (κ1) is 17.8. The van der Waals surface area contributed by atoms with Crippen LogP contribution >= 0.6 is 27.3 Å². The fraction of sp³-hybridized carbons (Fsp3) is 0.158. The zero-order valence-electron chi connectivity index (χ0n) is 14.2. The van der Waals surface area contributed by atoms with Gasteiger partial charge in [0.2, 0.25) is 0 Å². The summed E-state index contributed by atoms with van der Waals surface area (Å²) in [5.74, 6) is 1.26. The molecule has 0 spiro atoms. The second-order valence-corrected chi connectivity index (χ2v) is 7.54. The van der Waals surface area contributed by atoms with Crippen molar-refractivity contribution in [3.05, 3.63) is 63.6 Å². The number of hydrogen-bond acceptors (Lipinski definition) is 6. The maximum absolute atomic E-state index is 12.5. The normalized spacial score (nSPS) is 12.5. The molecule has 1 aromatic heterocycles. The molecule has 1 aliphatic rings. The minimum absolute atomic E-state index is 0.168. The van der Waals surface area contributed by atoms with Crippen molar-refractivity contribution >= 4 is 44.0 Å². The van der Waals surface area contributed by atoms with Crippen molar-refractivity contribution in [3.8, 4) is 11.5 Å². The molecule has 0 radical (unpaired) electrons. The number of nitrogens with one attached hydrogen (secondary N) is 2. The molecule has 2 aromatic carbocycles. The Morgan fingerprint density at radius 1 is 1.11 bits per heavy atom. The first-order valence-electron chi connectivity index (χ1n) is 8.34. The molecule has 0 saturated carbocycles. The molecule has 27 heavy (non-hydrogen) atoms. The molecule has 1 amide bonds. The van der Waals surface area contributed by atoms with Gasteiger partial charge in [-0.25, -0.2) is 4.98 Å². The zero-order chi connectivity index (χ0) is 18.6. The third-order valence-electron chi connectivity index (χ3n) is 3.88. The second-order valence-electron chi connectivity index (χ2n) is 5.79. The molecule has 1 aliphatic heterocycles. The van der Waals surface area contributed by atoms with Crippen LogP contribution in [0, 0.1) is 0 Å². The van der Waals surface area contributed by atoms with Gasteiger partial charge in [0, 0.05) is 18.3 Å². The number of hydrogen-bond donors (Lipinski definition) is 2. The van der Waals surface area contributed by atoms with Crippen molar-refractivity contribution in [1.82, 2.24) is 10.3 Å². The predicted molar refractivity (Wildman–Crippen MR) is 108 cm³/mol. The van der Waals surface area contributed by atoms with E-state index in [9.17, 15) is 4.79 Å². The number of nitrogens with zero attached hydrogens (tertiary/aromatic N) is 1. The summed E-state index contributed by atoms with van der Waals surface area (Å²) in [6.07, 6.45) is 0. The van der Waals surface area contributed by atoms with Crippen LogP contribution in [0.25, 0.3) is 0 Å². The summed E-state index contributed by atoms with van der Waals surface area (Å²) < 4.78 is 11.6. The summed E-state index contributed by atoms with van der Waals surface area (Å²) in [6, 6.07) is 15.4. The molecule has 6 nitrogen and oxygen atoms in total. The monoisotopic (exact) mass is 445 g/mol. The SMILES string of the molecule is O=C(NCc1ccccc1)c1sc(Nc2ccc3c(c2)OCCO3)nc1Br. The van der Waals surface area contributed by atoms with Crippen molar-refractivity contribution in [2.45, 2.75) is 6.54 Å². The molecule has 0 bridgehead atoms. The quantitative estimate of drug-likeness (QED) is 0.610.